The molecular formula is C22H15NOS3. The Hall–Kier alpha value is -2.34. The zero-order valence-corrected chi connectivity index (χ0v) is 17.0. The minimum Gasteiger partial charge on any atom is -0.300 e. The summed E-state index contributed by atoms with van der Waals surface area (Å²) in [4.78, 5) is 19.6. The van der Waals surface area contributed by atoms with Crippen molar-refractivity contribution in [3.8, 4) is 9.75 Å². The van der Waals surface area contributed by atoms with Crippen molar-refractivity contribution in [2.45, 2.75) is 16.7 Å². The molecule has 3 heterocycles. The van der Waals surface area contributed by atoms with E-state index in [1.54, 1.807) is 29.6 Å². The SMILES string of the molecule is CC(=O)c1ccc(-c2ccc(N3c4ccccc4Sc4ccccc43)s2)s1. The number of carbonyl (C=O) groups is 1. The molecule has 1 aliphatic heterocycles. The largest absolute Gasteiger partial charge is 0.300 e. The third-order valence-corrected chi connectivity index (χ3v) is 8.02. The van der Waals surface area contributed by atoms with Crippen LogP contribution in [0.2, 0.25) is 0 Å². The number of carbonyl (C=O) groups excluding carboxylic acids is 1. The number of para-hydroxylation sites is 2. The molecule has 0 radical (unpaired) electrons. The molecule has 0 aliphatic carbocycles. The van der Waals surface area contributed by atoms with E-state index in [4.69, 9.17) is 0 Å². The van der Waals surface area contributed by atoms with E-state index in [1.165, 1.54) is 31.0 Å². The van der Waals surface area contributed by atoms with Gasteiger partial charge in [0.1, 0.15) is 5.00 Å². The summed E-state index contributed by atoms with van der Waals surface area (Å²) in [7, 11) is 0. The Bertz CT molecular complexity index is 1110. The van der Waals surface area contributed by atoms with Crippen molar-refractivity contribution >= 4 is 56.6 Å². The minimum atomic E-state index is 0.124. The van der Waals surface area contributed by atoms with Gasteiger partial charge >= 0.3 is 0 Å². The van der Waals surface area contributed by atoms with E-state index in [2.05, 4.69) is 65.6 Å². The van der Waals surface area contributed by atoms with Gasteiger partial charge in [0.05, 0.1) is 16.3 Å². The molecule has 1 aliphatic rings. The number of hydrogen-bond donors (Lipinski definition) is 0. The fraction of sp³-hybridized carbons (Fsp3) is 0.0455. The monoisotopic (exact) mass is 405 g/mol. The molecule has 0 N–H and O–H groups in total. The highest BCUT2D eigenvalue weighted by atomic mass is 32.2. The summed E-state index contributed by atoms with van der Waals surface area (Å²) >= 11 is 5.14. The number of thiophene rings is 2. The van der Waals surface area contributed by atoms with Crippen molar-refractivity contribution in [1.29, 1.82) is 0 Å². The lowest BCUT2D eigenvalue weighted by Gasteiger charge is -2.31. The average Bonchev–Trinajstić information content (AvgIpc) is 3.35. The Kier molecular flexibility index (Phi) is 4.16. The van der Waals surface area contributed by atoms with Gasteiger partial charge in [-0.05, 0) is 55.5 Å². The number of fused-ring (bicyclic) bond motifs is 2. The lowest BCUT2D eigenvalue weighted by Crippen LogP contribution is -2.13. The first kappa shape index (κ1) is 16.8. The summed E-state index contributed by atoms with van der Waals surface area (Å²) < 4.78 is 0. The molecule has 132 valence electrons. The normalized spacial score (nSPS) is 12.6. The Morgan fingerprint density at radius 3 is 1.96 bits per heavy atom. The fourth-order valence-electron chi connectivity index (χ4n) is 3.18. The molecule has 0 saturated heterocycles. The van der Waals surface area contributed by atoms with Crippen molar-refractivity contribution in [2.24, 2.45) is 0 Å². The van der Waals surface area contributed by atoms with Crippen LogP contribution in [0.25, 0.3) is 9.75 Å². The number of hydrogen-bond acceptors (Lipinski definition) is 5. The van der Waals surface area contributed by atoms with Crippen molar-refractivity contribution in [3.05, 3.63) is 77.7 Å². The molecule has 0 atom stereocenters. The second-order valence-electron chi connectivity index (χ2n) is 6.23. The molecule has 27 heavy (non-hydrogen) atoms. The third kappa shape index (κ3) is 2.92. The number of Topliss-reactive ketones (excluding diaryl/α,β-unsaturated/α-hetero) is 1. The molecule has 0 unspecified atom stereocenters. The number of benzene rings is 2. The van der Waals surface area contributed by atoms with Crippen LogP contribution in [0.15, 0.2) is 82.6 Å². The summed E-state index contributed by atoms with van der Waals surface area (Å²) in [6.45, 7) is 1.62. The Morgan fingerprint density at radius 2 is 1.33 bits per heavy atom. The van der Waals surface area contributed by atoms with Crippen molar-refractivity contribution in [2.75, 3.05) is 4.90 Å². The Labute approximate surface area is 170 Å². The smallest absolute Gasteiger partial charge is 0.169 e. The van der Waals surface area contributed by atoms with Gasteiger partial charge in [0, 0.05) is 19.5 Å². The number of nitrogens with zero attached hydrogens (tertiary/aromatic N) is 1. The van der Waals surface area contributed by atoms with Gasteiger partial charge in [0.25, 0.3) is 0 Å². The molecular weight excluding hydrogens is 390 g/mol. The molecule has 0 saturated carbocycles. The highest BCUT2D eigenvalue weighted by Crippen LogP contribution is 2.53. The molecule has 2 aromatic carbocycles. The molecule has 0 spiro atoms. The second-order valence-corrected chi connectivity index (χ2v) is 9.46. The van der Waals surface area contributed by atoms with Gasteiger partial charge in [-0.1, -0.05) is 36.0 Å². The van der Waals surface area contributed by atoms with E-state index in [-0.39, 0.29) is 5.78 Å². The van der Waals surface area contributed by atoms with Crippen molar-refractivity contribution in [1.82, 2.24) is 0 Å². The van der Waals surface area contributed by atoms with E-state index < -0.39 is 0 Å². The maximum absolute atomic E-state index is 11.6. The van der Waals surface area contributed by atoms with Crippen LogP contribution in [0.4, 0.5) is 16.4 Å². The van der Waals surface area contributed by atoms with Crippen LogP contribution < -0.4 is 4.90 Å². The summed E-state index contributed by atoms with van der Waals surface area (Å²) in [6.07, 6.45) is 0. The summed E-state index contributed by atoms with van der Waals surface area (Å²) in [5.74, 6) is 0.124. The predicted molar refractivity (Wildman–Crippen MR) is 116 cm³/mol. The molecule has 0 fully saturated rings. The Balaban J connectivity index is 1.61. The van der Waals surface area contributed by atoms with Gasteiger partial charge < -0.3 is 0 Å². The highest BCUT2D eigenvalue weighted by Gasteiger charge is 2.25. The van der Waals surface area contributed by atoms with E-state index in [9.17, 15) is 4.79 Å². The topological polar surface area (TPSA) is 20.3 Å². The maximum atomic E-state index is 11.6. The van der Waals surface area contributed by atoms with Gasteiger partial charge in [-0.15, -0.1) is 22.7 Å². The lowest BCUT2D eigenvalue weighted by atomic mass is 10.2. The minimum absolute atomic E-state index is 0.124. The zero-order chi connectivity index (χ0) is 18.4. The number of anilines is 3. The van der Waals surface area contributed by atoms with Gasteiger partial charge in [-0.25, -0.2) is 0 Å². The summed E-state index contributed by atoms with van der Waals surface area (Å²) in [6, 6.07) is 25.4. The molecule has 0 bridgehead atoms. The van der Waals surface area contributed by atoms with Crippen LogP contribution in [0.3, 0.4) is 0 Å². The van der Waals surface area contributed by atoms with Crippen LogP contribution in [-0.2, 0) is 0 Å². The fourth-order valence-corrected chi connectivity index (χ4v) is 6.27. The molecule has 5 rings (SSSR count). The Morgan fingerprint density at radius 1 is 0.741 bits per heavy atom. The van der Waals surface area contributed by atoms with E-state index >= 15 is 0 Å². The van der Waals surface area contributed by atoms with Crippen LogP contribution in [0.5, 0.6) is 0 Å². The summed E-state index contributed by atoms with van der Waals surface area (Å²) in [5, 5.41) is 1.18. The maximum Gasteiger partial charge on any atom is 0.169 e. The number of rotatable bonds is 3. The van der Waals surface area contributed by atoms with Crippen LogP contribution in [-0.4, -0.2) is 5.78 Å². The molecule has 0 amide bonds. The van der Waals surface area contributed by atoms with Crippen molar-refractivity contribution < 1.29 is 4.79 Å². The first-order chi connectivity index (χ1) is 13.2. The first-order valence-electron chi connectivity index (χ1n) is 8.58. The van der Waals surface area contributed by atoms with Crippen LogP contribution >= 0.6 is 34.4 Å². The van der Waals surface area contributed by atoms with Crippen molar-refractivity contribution in [3.63, 3.8) is 0 Å². The van der Waals surface area contributed by atoms with Crippen LogP contribution in [0.1, 0.15) is 16.6 Å². The lowest BCUT2D eigenvalue weighted by molar-refractivity contribution is 0.102. The van der Waals surface area contributed by atoms with E-state index in [0.717, 1.165) is 9.75 Å². The molecule has 2 aromatic heterocycles. The first-order valence-corrected chi connectivity index (χ1v) is 11.0. The van der Waals surface area contributed by atoms with Crippen LogP contribution in [0, 0.1) is 0 Å². The van der Waals surface area contributed by atoms with Gasteiger partial charge in [0.15, 0.2) is 5.78 Å². The predicted octanol–water partition coefficient (Wildman–Crippen LogP) is 7.61. The average molecular weight is 406 g/mol. The molecule has 4 aromatic rings. The standard InChI is InChI=1S/C22H15NOS3/c1-14(24)17-10-11-20(25-17)21-12-13-22(27-21)23-15-6-2-4-8-18(15)26-19-9-5-3-7-16(19)23/h2-13H,1H3. The van der Waals surface area contributed by atoms with E-state index in [1.807, 2.05) is 23.9 Å². The highest BCUT2D eigenvalue weighted by molar-refractivity contribution is 7.99. The van der Waals surface area contributed by atoms with Gasteiger partial charge in [0.2, 0.25) is 0 Å². The zero-order valence-electron chi connectivity index (χ0n) is 14.5. The molecule has 2 nitrogen and oxygen atoms in total. The number of ketones is 1. The second kappa shape index (κ2) is 6.68. The third-order valence-electron chi connectivity index (χ3n) is 4.44. The summed E-state index contributed by atoms with van der Waals surface area (Å²) in [5.41, 5.74) is 2.43. The molecule has 5 heteroatoms. The quantitative estimate of drug-likeness (QED) is 0.288. The van der Waals surface area contributed by atoms with Gasteiger partial charge in [-0.3, -0.25) is 9.69 Å². The van der Waals surface area contributed by atoms with Gasteiger partial charge in [-0.2, -0.15) is 0 Å². The van der Waals surface area contributed by atoms with E-state index in [0.29, 0.717) is 0 Å².